The maximum atomic E-state index is 4.99. The summed E-state index contributed by atoms with van der Waals surface area (Å²) in [4.78, 5) is 4.99. The zero-order valence-corrected chi connectivity index (χ0v) is 31.3. The molecule has 3 heterocycles. The minimum absolute atomic E-state index is 0.391. The first kappa shape index (κ1) is 32.4. The molecule has 10 aromatic rings. The summed E-state index contributed by atoms with van der Waals surface area (Å²) in [6, 6.07) is 66.7. The molecular formula is C52H39N4+. The summed E-state index contributed by atoms with van der Waals surface area (Å²) in [5.74, 6) is 1.33. The van der Waals surface area contributed by atoms with Crippen molar-refractivity contribution in [3.8, 4) is 28.3 Å². The smallest absolute Gasteiger partial charge is 0.255 e. The predicted molar refractivity (Wildman–Crippen MR) is 228 cm³/mol. The van der Waals surface area contributed by atoms with Gasteiger partial charge in [-0.2, -0.15) is 9.13 Å². The lowest BCUT2D eigenvalue weighted by atomic mass is 9.67. The molecule has 4 nitrogen and oxygen atoms in total. The number of nitrogens with zero attached hydrogens (tertiary/aromatic N) is 4. The van der Waals surface area contributed by atoms with Crippen LogP contribution in [-0.2, 0) is 5.41 Å². The van der Waals surface area contributed by atoms with E-state index in [0.29, 0.717) is 5.92 Å². The molecule has 0 unspecified atom stereocenters. The molecule has 0 spiro atoms. The Morgan fingerprint density at radius 3 is 1.98 bits per heavy atom. The van der Waals surface area contributed by atoms with Crippen molar-refractivity contribution < 1.29 is 4.57 Å². The number of rotatable bonds is 6. The first-order chi connectivity index (χ1) is 27.6. The van der Waals surface area contributed by atoms with E-state index in [1.807, 2.05) is 6.20 Å². The Kier molecular flexibility index (Phi) is 7.23. The van der Waals surface area contributed by atoms with Crippen LogP contribution >= 0.6 is 0 Å². The fraction of sp³-hybridized carbons (Fsp3) is 0.0769. The van der Waals surface area contributed by atoms with E-state index in [2.05, 4.69) is 216 Å². The fourth-order valence-corrected chi connectivity index (χ4v) is 9.39. The van der Waals surface area contributed by atoms with Crippen LogP contribution in [0, 0.1) is 0 Å². The van der Waals surface area contributed by atoms with Crippen LogP contribution in [0.1, 0.15) is 47.6 Å². The topological polar surface area (TPSA) is 26.6 Å². The summed E-state index contributed by atoms with van der Waals surface area (Å²) in [5.41, 5.74) is 15.1. The SMILES string of the molecule is CC(C)c1ccnc(-n2c3ccccc3c3ccc(C4(c5cccc(-n6c[n+](-c7ccccc7)c7ccccc76)c5)c5ccccc5-c5ccccc54)cc32)c1. The van der Waals surface area contributed by atoms with Crippen LogP contribution in [0.3, 0.4) is 0 Å². The first-order valence-electron chi connectivity index (χ1n) is 19.5. The zero-order chi connectivity index (χ0) is 37.4. The van der Waals surface area contributed by atoms with Crippen LogP contribution in [0.15, 0.2) is 195 Å². The summed E-state index contributed by atoms with van der Waals surface area (Å²) in [5, 5.41) is 2.44. The maximum Gasteiger partial charge on any atom is 0.255 e. The van der Waals surface area contributed by atoms with Crippen LogP contribution in [0.5, 0.6) is 0 Å². The molecule has 11 rings (SSSR count). The Hall–Kier alpha value is -7.04. The fourth-order valence-electron chi connectivity index (χ4n) is 9.39. The second kappa shape index (κ2) is 12.5. The molecule has 0 saturated carbocycles. The third-order valence-corrected chi connectivity index (χ3v) is 11.9. The number of hydrogen-bond donors (Lipinski definition) is 0. The van der Waals surface area contributed by atoms with Gasteiger partial charge in [0.05, 0.1) is 16.4 Å². The second-order valence-corrected chi connectivity index (χ2v) is 15.3. The minimum atomic E-state index is -0.593. The third kappa shape index (κ3) is 4.66. The highest BCUT2D eigenvalue weighted by Gasteiger charge is 2.46. The quantitative estimate of drug-likeness (QED) is 0.157. The molecule has 0 N–H and O–H groups in total. The Labute approximate surface area is 326 Å². The van der Waals surface area contributed by atoms with Crippen molar-refractivity contribution in [1.29, 1.82) is 0 Å². The molecule has 0 radical (unpaired) electrons. The van der Waals surface area contributed by atoms with Gasteiger partial charge in [0.15, 0.2) is 11.0 Å². The van der Waals surface area contributed by atoms with Gasteiger partial charge in [-0.1, -0.05) is 135 Å². The molecule has 4 heteroatoms. The molecule has 0 bridgehead atoms. The van der Waals surface area contributed by atoms with Gasteiger partial charge in [0.2, 0.25) is 0 Å². The molecule has 1 aliphatic carbocycles. The number of imidazole rings is 1. The van der Waals surface area contributed by atoms with Crippen LogP contribution in [0.2, 0.25) is 0 Å². The van der Waals surface area contributed by atoms with Gasteiger partial charge in [-0.15, -0.1) is 0 Å². The maximum absolute atomic E-state index is 4.99. The van der Waals surface area contributed by atoms with Crippen LogP contribution in [0.25, 0.3) is 61.2 Å². The molecule has 1 aliphatic rings. The van der Waals surface area contributed by atoms with E-state index in [0.717, 1.165) is 39.3 Å². The van der Waals surface area contributed by atoms with Crippen molar-refractivity contribution in [3.63, 3.8) is 0 Å². The Morgan fingerprint density at radius 1 is 0.536 bits per heavy atom. The summed E-state index contributed by atoms with van der Waals surface area (Å²) in [6.45, 7) is 4.49. The van der Waals surface area contributed by atoms with Crippen molar-refractivity contribution >= 4 is 32.8 Å². The van der Waals surface area contributed by atoms with E-state index in [4.69, 9.17) is 4.98 Å². The second-order valence-electron chi connectivity index (χ2n) is 15.3. The van der Waals surface area contributed by atoms with Gasteiger partial charge in [0.1, 0.15) is 17.2 Å². The van der Waals surface area contributed by atoms with Gasteiger partial charge in [-0.3, -0.25) is 4.57 Å². The van der Waals surface area contributed by atoms with E-state index in [-0.39, 0.29) is 0 Å². The highest BCUT2D eigenvalue weighted by atomic mass is 15.1. The first-order valence-corrected chi connectivity index (χ1v) is 19.5. The molecule has 0 fully saturated rings. The molecule has 0 atom stereocenters. The zero-order valence-electron chi connectivity index (χ0n) is 31.3. The van der Waals surface area contributed by atoms with Gasteiger partial charge in [-0.05, 0) is 106 Å². The van der Waals surface area contributed by atoms with Crippen LogP contribution < -0.4 is 4.57 Å². The number of para-hydroxylation sites is 4. The monoisotopic (exact) mass is 719 g/mol. The Morgan fingerprint density at radius 2 is 1.20 bits per heavy atom. The normalized spacial score (nSPS) is 13.1. The minimum Gasteiger partial charge on any atom is -0.294 e. The standard InChI is InChI=1S/C52H39N4/c1-35(2)36-29-30-53-51(31-36)56-47-24-11-8-21-43(47)44-28-27-38(33-50(44)56)52(45-22-9-6-19-41(45)42-20-7-10-23-46(42)52)37-15-14-18-40(32-37)55-34-54(39-16-4-3-5-17-39)48-25-12-13-26-49(48)55/h3-35H,1-2H3/q+1. The predicted octanol–water partition coefficient (Wildman–Crippen LogP) is 11.9. The van der Waals surface area contributed by atoms with Crippen molar-refractivity contribution in [2.24, 2.45) is 0 Å². The summed E-state index contributed by atoms with van der Waals surface area (Å²) in [6.07, 6.45) is 4.18. The van der Waals surface area contributed by atoms with Gasteiger partial charge in [0, 0.05) is 17.0 Å². The Bertz CT molecular complexity index is 3080. The molecule has 7 aromatic carbocycles. The Balaban J connectivity index is 1.21. The van der Waals surface area contributed by atoms with Crippen molar-refractivity contribution in [3.05, 3.63) is 222 Å². The molecule has 56 heavy (non-hydrogen) atoms. The number of hydrogen-bond acceptors (Lipinski definition) is 1. The average Bonchev–Trinajstić information content (AvgIpc) is 3.91. The summed E-state index contributed by atoms with van der Waals surface area (Å²) in [7, 11) is 0. The van der Waals surface area contributed by atoms with Gasteiger partial charge in [-0.25, -0.2) is 4.98 Å². The van der Waals surface area contributed by atoms with E-state index >= 15 is 0 Å². The summed E-state index contributed by atoms with van der Waals surface area (Å²) < 4.78 is 6.99. The van der Waals surface area contributed by atoms with Crippen molar-refractivity contribution in [2.75, 3.05) is 0 Å². The number of fused-ring (bicyclic) bond motifs is 7. The molecule has 0 amide bonds. The highest BCUT2D eigenvalue weighted by molar-refractivity contribution is 6.09. The number of benzene rings is 7. The van der Waals surface area contributed by atoms with E-state index in [9.17, 15) is 0 Å². The molecule has 0 aliphatic heterocycles. The van der Waals surface area contributed by atoms with Crippen molar-refractivity contribution in [1.82, 2.24) is 14.1 Å². The van der Waals surface area contributed by atoms with Crippen LogP contribution in [-0.4, -0.2) is 14.1 Å². The lowest BCUT2D eigenvalue weighted by Gasteiger charge is -2.34. The summed E-state index contributed by atoms with van der Waals surface area (Å²) >= 11 is 0. The largest absolute Gasteiger partial charge is 0.294 e. The average molecular weight is 720 g/mol. The molecule has 3 aromatic heterocycles. The molecule has 0 saturated heterocycles. The van der Waals surface area contributed by atoms with Crippen LogP contribution in [0.4, 0.5) is 0 Å². The molecule has 266 valence electrons. The van der Waals surface area contributed by atoms with Gasteiger partial charge >= 0.3 is 0 Å². The van der Waals surface area contributed by atoms with Crippen molar-refractivity contribution in [2.45, 2.75) is 25.2 Å². The van der Waals surface area contributed by atoms with E-state index in [1.165, 1.54) is 49.7 Å². The molecular weight excluding hydrogens is 681 g/mol. The number of pyridine rings is 1. The lowest BCUT2D eigenvalue weighted by Crippen LogP contribution is -2.29. The van der Waals surface area contributed by atoms with E-state index < -0.39 is 5.41 Å². The lowest BCUT2D eigenvalue weighted by molar-refractivity contribution is -0.567. The van der Waals surface area contributed by atoms with Gasteiger partial charge < -0.3 is 0 Å². The highest BCUT2D eigenvalue weighted by Crippen LogP contribution is 2.56. The van der Waals surface area contributed by atoms with E-state index in [1.54, 1.807) is 0 Å². The third-order valence-electron chi connectivity index (χ3n) is 11.9. The van der Waals surface area contributed by atoms with Gasteiger partial charge in [0.25, 0.3) is 6.33 Å². The number of aromatic nitrogens is 4.